The van der Waals surface area contributed by atoms with Gasteiger partial charge in [0, 0.05) is 44.7 Å². The fourth-order valence-electron chi connectivity index (χ4n) is 4.67. The quantitative estimate of drug-likeness (QED) is 0.507. The molecule has 4 rings (SSSR count). The Bertz CT molecular complexity index is 1310. The number of benzene rings is 2. The number of piperidine rings is 1. The molecule has 0 bridgehead atoms. The van der Waals surface area contributed by atoms with E-state index in [9.17, 15) is 21.6 Å². The fraction of sp³-hybridized carbons (Fsp3) is 0.480. The van der Waals surface area contributed by atoms with E-state index in [1.807, 2.05) is 0 Å². The molecular weight excluding hydrogens is 518 g/mol. The highest BCUT2D eigenvalue weighted by Crippen LogP contribution is 2.32. The Balaban J connectivity index is 1.32. The molecule has 12 heteroatoms. The lowest BCUT2D eigenvalue weighted by Gasteiger charge is -2.31. The number of carbonyl (C=O) groups excluding carboxylic acids is 1. The van der Waals surface area contributed by atoms with E-state index in [-0.39, 0.29) is 47.0 Å². The molecule has 0 aliphatic carbocycles. The van der Waals surface area contributed by atoms with Crippen molar-refractivity contribution in [3.05, 3.63) is 48.0 Å². The summed E-state index contributed by atoms with van der Waals surface area (Å²) in [6.07, 6.45) is 2.54. The fourth-order valence-corrected chi connectivity index (χ4v) is 7.83. The van der Waals surface area contributed by atoms with Crippen molar-refractivity contribution < 1.29 is 31.1 Å². The van der Waals surface area contributed by atoms with Crippen molar-refractivity contribution in [2.75, 3.05) is 40.4 Å². The average Bonchev–Trinajstić information content (AvgIpc) is 3.48. The molecule has 37 heavy (non-hydrogen) atoms. The van der Waals surface area contributed by atoms with Gasteiger partial charge in [0.15, 0.2) is 0 Å². The zero-order chi connectivity index (χ0) is 26.6. The molecule has 202 valence electrons. The normalized spacial score (nSPS) is 18.0. The van der Waals surface area contributed by atoms with E-state index in [0.717, 1.165) is 18.4 Å². The second-order valence-corrected chi connectivity index (χ2v) is 13.0. The summed E-state index contributed by atoms with van der Waals surface area (Å²) in [5.41, 5.74) is 0.791. The maximum atomic E-state index is 13.2. The lowest BCUT2D eigenvalue weighted by molar-refractivity contribution is -0.126. The number of sulfonamides is 2. The molecule has 0 atom stereocenters. The molecular formula is C25H33N3O7S2. The van der Waals surface area contributed by atoms with Gasteiger partial charge in [-0.25, -0.2) is 16.8 Å². The predicted octanol–water partition coefficient (Wildman–Crippen LogP) is 2.21. The molecule has 2 saturated heterocycles. The van der Waals surface area contributed by atoms with Gasteiger partial charge in [-0.2, -0.15) is 8.61 Å². The Morgan fingerprint density at radius 2 is 1.49 bits per heavy atom. The zero-order valence-corrected chi connectivity index (χ0v) is 22.7. The number of hydrogen-bond acceptors (Lipinski definition) is 7. The lowest BCUT2D eigenvalue weighted by Crippen LogP contribution is -2.42. The Morgan fingerprint density at radius 1 is 0.865 bits per heavy atom. The second-order valence-electron chi connectivity index (χ2n) is 9.17. The third-order valence-electron chi connectivity index (χ3n) is 6.91. The van der Waals surface area contributed by atoms with Crippen molar-refractivity contribution in [2.45, 2.75) is 42.0 Å². The minimum Gasteiger partial charge on any atom is -0.497 e. The summed E-state index contributed by atoms with van der Waals surface area (Å²) in [5, 5.41) is 2.90. The van der Waals surface area contributed by atoms with Crippen molar-refractivity contribution in [3.8, 4) is 11.5 Å². The van der Waals surface area contributed by atoms with Crippen LogP contribution in [0.3, 0.4) is 0 Å². The number of hydrogen-bond donors (Lipinski definition) is 1. The molecule has 0 radical (unpaired) electrons. The molecule has 1 amide bonds. The minimum absolute atomic E-state index is 0.0347. The van der Waals surface area contributed by atoms with Crippen LogP contribution in [0.5, 0.6) is 11.5 Å². The van der Waals surface area contributed by atoms with E-state index in [2.05, 4.69) is 5.32 Å². The third kappa shape index (κ3) is 5.92. The highest BCUT2D eigenvalue weighted by molar-refractivity contribution is 7.89. The number of rotatable bonds is 9. The van der Waals surface area contributed by atoms with Gasteiger partial charge in [0.25, 0.3) is 0 Å². The summed E-state index contributed by atoms with van der Waals surface area (Å²) in [6, 6.07) is 11.2. The van der Waals surface area contributed by atoms with Crippen molar-refractivity contribution in [3.63, 3.8) is 0 Å². The smallest absolute Gasteiger partial charge is 0.246 e. The Labute approximate surface area is 218 Å². The first-order chi connectivity index (χ1) is 17.7. The summed E-state index contributed by atoms with van der Waals surface area (Å²) in [6.45, 7) is 1.79. The van der Waals surface area contributed by atoms with Crippen molar-refractivity contribution in [1.82, 2.24) is 13.9 Å². The summed E-state index contributed by atoms with van der Waals surface area (Å²) >= 11 is 0. The van der Waals surface area contributed by atoms with Crippen LogP contribution in [0.1, 0.15) is 31.2 Å². The molecule has 0 saturated carbocycles. The predicted molar refractivity (Wildman–Crippen MR) is 137 cm³/mol. The standard InChI is InChI=1S/C25H33N3O7S2/c1-34-21-7-10-23(35-2)24(17-21)37(32,33)28-15-11-20(12-16-28)25(29)26-18-19-5-8-22(9-6-19)36(30,31)27-13-3-4-14-27/h5-10,17,20H,3-4,11-16,18H2,1-2H3,(H,26,29). The largest absolute Gasteiger partial charge is 0.497 e. The summed E-state index contributed by atoms with van der Waals surface area (Å²) in [5.74, 6) is 0.188. The van der Waals surface area contributed by atoms with Crippen LogP contribution in [0.25, 0.3) is 0 Å². The maximum Gasteiger partial charge on any atom is 0.246 e. The summed E-state index contributed by atoms with van der Waals surface area (Å²) in [7, 11) is -4.41. The molecule has 2 heterocycles. The number of amides is 1. The Morgan fingerprint density at radius 3 is 2.08 bits per heavy atom. The highest BCUT2D eigenvalue weighted by Gasteiger charge is 2.34. The molecule has 0 aromatic heterocycles. The van der Waals surface area contributed by atoms with Gasteiger partial charge in [-0.1, -0.05) is 12.1 Å². The first-order valence-corrected chi connectivity index (χ1v) is 15.1. The third-order valence-corrected chi connectivity index (χ3v) is 10.7. The molecule has 10 nitrogen and oxygen atoms in total. The van der Waals surface area contributed by atoms with E-state index in [0.29, 0.717) is 31.7 Å². The molecule has 2 aromatic rings. The number of methoxy groups -OCH3 is 2. The minimum atomic E-state index is -3.82. The van der Waals surface area contributed by atoms with Gasteiger partial charge in [-0.15, -0.1) is 0 Å². The first-order valence-electron chi connectivity index (χ1n) is 12.3. The van der Waals surface area contributed by atoms with Crippen LogP contribution in [-0.2, 0) is 31.4 Å². The van der Waals surface area contributed by atoms with E-state index in [1.54, 1.807) is 36.4 Å². The highest BCUT2D eigenvalue weighted by atomic mass is 32.2. The average molecular weight is 552 g/mol. The van der Waals surface area contributed by atoms with E-state index < -0.39 is 20.0 Å². The van der Waals surface area contributed by atoms with Gasteiger partial charge in [-0.3, -0.25) is 4.79 Å². The van der Waals surface area contributed by atoms with Gasteiger partial charge in [0.05, 0.1) is 19.1 Å². The number of nitrogens with zero attached hydrogens (tertiary/aromatic N) is 2. The van der Waals surface area contributed by atoms with Gasteiger partial charge >= 0.3 is 0 Å². The van der Waals surface area contributed by atoms with Crippen molar-refractivity contribution in [1.29, 1.82) is 0 Å². The summed E-state index contributed by atoms with van der Waals surface area (Å²) < 4.78 is 65.1. The van der Waals surface area contributed by atoms with Crippen LogP contribution in [-0.4, -0.2) is 71.8 Å². The molecule has 1 N–H and O–H groups in total. The molecule has 2 fully saturated rings. The van der Waals surface area contributed by atoms with Gasteiger partial charge < -0.3 is 14.8 Å². The van der Waals surface area contributed by atoms with Gasteiger partial charge in [0.1, 0.15) is 16.4 Å². The van der Waals surface area contributed by atoms with Crippen LogP contribution in [0.2, 0.25) is 0 Å². The van der Waals surface area contributed by atoms with Crippen LogP contribution >= 0.6 is 0 Å². The van der Waals surface area contributed by atoms with Gasteiger partial charge in [0.2, 0.25) is 26.0 Å². The lowest BCUT2D eigenvalue weighted by atomic mass is 9.97. The Kier molecular flexibility index (Phi) is 8.42. The monoisotopic (exact) mass is 551 g/mol. The molecule has 0 unspecified atom stereocenters. The van der Waals surface area contributed by atoms with Crippen LogP contribution in [0.15, 0.2) is 52.3 Å². The molecule has 2 aliphatic heterocycles. The number of ether oxygens (including phenoxy) is 2. The van der Waals surface area contributed by atoms with Crippen molar-refractivity contribution in [2.24, 2.45) is 5.92 Å². The number of nitrogens with one attached hydrogen (secondary N) is 1. The second kappa shape index (κ2) is 11.4. The molecule has 0 spiro atoms. The molecule has 2 aromatic carbocycles. The van der Waals surface area contributed by atoms with Crippen LogP contribution < -0.4 is 14.8 Å². The topological polar surface area (TPSA) is 122 Å². The van der Waals surface area contributed by atoms with Crippen LogP contribution in [0.4, 0.5) is 0 Å². The van der Waals surface area contributed by atoms with E-state index >= 15 is 0 Å². The summed E-state index contributed by atoms with van der Waals surface area (Å²) in [4.78, 5) is 13.1. The SMILES string of the molecule is COc1ccc(OC)c(S(=O)(=O)N2CCC(C(=O)NCc3ccc(S(=O)(=O)N4CCCC4)cc3)CC2)c1. The van der Waals surface area contributed by atoms with E-state index in [1.165, 1.54) is 28.9 Å². The van der Waals surface area contributed by atoms with Crippen LogP contribution in [0, 0.1) is 5.92 Å². The van der Waals surface area contributed by atoms with Gasteiger partial charge in [-0.05, 0) is 55.5 Å². The zero-order valence-electron chi connectivity index (χ0n) is 21.1. The first kappa shape index (κ1) is 27.4. The Hall–Kier alpha value is -2.67. The molecule has 2 aliphatic rings. The maximum absolute atomic E-state index is 13.2. The van der Waals surface area contributed by atoms with E-state index in [4.69, 9.17) is 9.47 Å². The van der Waals surface area contributed by atoms with Crippen molar-refractivity contribution >= 4 is 26.0 Å². The number of carbonyl (C=O) groups is 1.